The molecule has 0 fully saturated rings. The summed E-state index contributed by atoms with van der Waals surface area (Å²) in [4.78, 5) is 12.4. The van der Waals surface area contributed by atoms with E-state index in [9.17, 15) is 4.79 Å². The topological polar surface area (TPSA) is 52.3 Å². The summed E-state index contributed by atoms with van der Waals surface area (Å²) in [7, 11) is 0. The van der Waals surface area contributed by atoms with Crippen molar-refractivity contribution in [2.24, 2.45) is 5.73 Å². The van der Waals surface area contributed by atoms with Gasteiger partial charge in [0.25, 0.3) is 0 Å². The summed E-state index contributed by atoms with van der Waals surface area (Å²) in [6, 6.07) is 27.7. The third kappa shape index (κ3) is 3.29. The lowest BCUT2D eigenvalue weighted by Crippen LogP contribution is -2.30. The largest absolute Gasteiger partial charge is 0.451 e. The zero-order valence-corrected chi connectivity index (χ0v) is 15.1. The van der Waals surface area contributed by atoms with E-state index in [2.05, 4.69) is 36.4 Å². The quantitative estimate of drug-likeness (QED) is 0.526. The first-order chi connectivity index (χ1) is 13.1. The van der Waals surface area contributed by atoms with Gasteiger partial charge in [0.05, 0.1) is 0 Å². The first kappa shape index (κ1) is 17.3. The van der Waals surface area contributed by atoms with E-state index in [4.69, 9.17) is 10.5 Å². The van der Waals surface area contributed by atoms with Gasteiger partial charge < -0.3 is 10.5 Å². The predicted molar refractivity (Wildman–Crippen MR) is 109 cm³/mol. The fraction of sp³-hybridized carbons (Fsp3) is 0.125. The van der Waals surface area contributed by atoms with Gasteiger partial charge in [-0.3, -0.25) is 4.79 Å². The maximum atomic E-state index is 12.4. The number of rotatable bonds is 4. The molecule has 3 nitrogen and oxygen atoms in total. The molecule has 0 saturated carbocycles. The van der Waals surface area contributed by atoms with Crippen molar-refractivity contribution in [2.45, 2.75) is 19.1 Å². The molecule has 3 heteroatoms. The molecule has 0 aliphatic heterocycles. The summed E-state index contributed by atoms with van der Waals surface area (Å²) >= 11 is 0. The van der Waals surface area contributed by atoms with Gasteiger partial charge in [0.15, 0.2) is 6.10 Å². The molecule has 0 spiro atoms. The van der Waals surface area contributed by atoms with Gasteiger partial charge in [-0.1, -0.05) is 84.9 Å². The highest BCUT2D eigenvalue weighted by Gasteiger charge is 2.24. The van der Waals surface area contributed by atoms with E-state index in [1.165, 1.54) is 0 Å². The molecule has 4 rings (SSSR count). The van der Waals surface area contributed by atoms with Crippen LogP contribution in [0.25, 0.3) is 21.5 Å². The van der Waals surface area contributed by atoms with Crippen molar-refractivity contribution in [3.8, 4) is 0 Å². The number of nitrogens with two attached hydrogens (primary N) is 1. The molecule has 0 aromatic heterocycles. The Bertz CT molecular complexity index is 1030. The number of ether oxygens (including phenoxy) is 1. The molecule has 1 atom stereocenters. The Labute approximate surface area is 158 Å². The molecule has 0 bridgehead atoms. The molecule has 0 aliphatic carbocycles. The van der Waals surface area contributed by atoms with Crippen LogP contribution in [0.4, 0.5) is 0 Å². The molecule has 0 radical (unpaired) electrons. The van der Waals surface area contributed by atoms with Crippen LogP contribution in [0, 0.1) is 0 Å². The average Bonchev–Trinajstić information content (AvgIpc) is 2.71. The minimum absolute atomic E-state index is 0.416. The first-order valence-electron chi connectivity index (χ1n) is 9.06. The second-order valence-corrected chi connectivity index (χ2v) is 6.74. The number of esters is 1. The van der Waals surface area contributed by atoms with Crippen molar-refractivity contribution < 1.29 is 9.53 Å². The smallest absolute Gasteiger partial charge is 0.323 e. The predicted octanol–water partition coefficient (Wildman–Crippen LogP) is 4.97. The molecule has 0 aliphatic rings. The van der Waals surface area contributed by atoms with Gasteiger partial charge in [-0.25, -0.2) is 0 Å². The van der Waals surface area contributed by atoms with Crippen molar-refractivity contribution in [3.63, 3.8) is 0 Å². The number of hydrogen-bond donors (Lipinski definition) is 1. The van der Waals surface area contributed by atoms with Crippen LogP contribution in [0.1, 0.15) is 24.2 Å². The maximum absolute atomic E-state index is 12.4. The SMILES string of the molecule is C[C@H](N)C(=O)OC(c1cccc2ccccc12)c1cccc2ccccc12. The van der Waals surface area contributed by atoms with Crippen molar-refractivity contribution in [2.75, 3.05) is 0 Å². The standard InChI is InChI=1S/C24H21NO2/c1-16(25)24(26)27-23(21-14-6-10-17-8-2-4-12-19(17)21)22-15-7-11-18-9-3-5-13-20(18)22/h2-16,23H,25H2,1H3/t16-/m0/s1. The van der Waals surface area contributed by atoms with E-state index >= 15 is 0 Å². The Kier molecular flexibility index (Phi) is 4.61. The lowest BCUT2D eigenvalue weighted by Gasteiger charge is -2.23. The van der Waals surface area contributed by atoms with Gasteiger partial charge in [-0.05, 0) is 28.5 Å². The van der Waals surface area contributed by atoms with Crippen molar-refractivity contribution in [1.29, 1.82) is 0 Å². The van der Waals surface area contributed by atoms with Crippen LogP contribution in [0.3, 0.4) is 0 Å². The van der Waals surface area contributed by atoms with Crippen LogP contribution in [-0.4, -0.2) is 12.0 Å². The zero-order chi connectivity index (χ0) is 18.8. The van der Waals surface area contributed by atoms with Gasteiger partial charge in [0.2, 0.25) is 0 Å². The van der Waals surface area contributed by atoms with Crippen LogP contribution < -0.4 is 5.73 Å². The highest BCUT2D eigenvalue weighted by Crippen LogP contribution is 2.35. The van der Waals surface area contributed by atoms with Gasteiger partial charge in [0.1, 0.15) is 6.04 Å². The monoisotopic (exact) mass is 355 g/mol. The second-order valence-electron chi connectivity index (χ2n) is 6.74. The lowest BCUT2D eigenvalue weighted by atomic mass is 9.92. The third-order valence-corrected chi connectivity index (χ3v) is 4.82. The number of carbonyl (C=O) groups is 1. The molecular formula is C24H21NO2. The van der Waals surface area contributed by atoms with E-state index in [1.54, 1.807) is 6.92 Å². The minimum atomic E-state index is -0.683. The van der Waals surface area contributed by atoms with Gasteiger partial charge in [0, 0.05) is 11.1 Å². The fourth-order valence-corrected chi connectivity index (χ4v) is 3.48. The second kappa shape index (κ2) is 7.22. The highest BCUT2D eigenvalue weighted by atomic mass is 16.5. The molecule has 4 aromatic rings. The molecule has 27 heavy (non-hydrogen) atoms. The van der Waals surface area contributed by atoms with E-state index in [0.717, 1.165) is 32.7 Å². The van der Waals surface area contributed by atoms with E-state index in [-0.39, 0.29) is 0 Å². The average molecular weight is 355 g/mol. The number of carbonyl (C=O) groups excluding carboxylic acids is 1. The molecule has 0 heterocycles. The lowest BCUT2D eigenvalue weighted by molar-refractivity contribution is -0.148. The number of fused-ring (bicyclic) bond motifs is 2. The van der Waals surface area contributed by atoms with Gasteiger partial charge in [-0.2, -0.15) is 0 Å². The normalized spacial score (nSPS) is 12.4. The van der Waals surface area contributed by atoms with E-state index in [1.807, 2.05) is 48.5 Å². The zero-order valence-electron chi connectivity index (χ0n) is 15.1. The number of hydrogen-bond acceptors (Lipinski definition) is 3. The van der Waals surface area contributed by atoms with Crippen LogP contribution in [0.2, 0.25) is 0 Å². The highest BCUT2D eigenvalue weighted by molar-refractivity contribution is 5.90. The van der Waals surface area contributed by atoms with Crippen LogP contribution in [0.5, 0.6) is 0 Å². The Morgan fingerprint density at radius 2 is 1.19 bits per heavy atom. The third-order valence-electron chi connectivity index (χ3n) is 4.82. The van der Waals surface area contributed by atoms with Crippen molar-refractivity contribution >= 4 is 27.5 Å². The summed E-state index contributed by atoms with van der Waals surface area (Å²) in [5.41, 5.74) is 7.70. The summed E-state index contributed by atoms with van der Waals surface area (Å²) in [5.74, 6) is -0.416. The molecule has 2 N–H and O–H groups in total. The van der Waals surface area contributed by atoms with Crippen LogP contribution >= 0.6 is 0 Å². The summed E-state index contributed by atoms with van der Waals surface area (Å²) in [6.07, 6.45) is -0.527. The van der Waals surface area contributed by atoms with E-state index in [0.29, 0.717) is 0 Å². The molecule has 0 unspecified atom stereocenters. The van der Waals surface area contributed by atoms with Gasteiger partial charge >= 0.3 is 5.97 Å². The maximum Gasteiger partial charge on any atom is 0.323 e. The molecule has 4 aromatic carbocycles. The molecular weight excluding hydrogens is 334 g/mol. The van der Waals surface area contributed by atoms with Gasteiger partial charge in [-0.15, -0.1) is 0 Å². The Morgan fingerprint density at radius 3 is 1.67 bits per heavy atom. The minimum Gasteiger partial charge on any atom is -0.451 e. The summed E-state index contributed by atoms with van der Waals surface area (Å²) < 4.78 is 5.94. The Hall–Kier alpha value is -3.17. The van der Waals surface area contributed by atoms with E-state index < -0.39 is 18.1 Å². The molecule has 134 valence electrons. The molecule has 0 amide bonds. The van der Waals surface area contributed by atoms with Crippen LogP contribution in [-0.2, 0) is 9.53 Å². The summed E-state index contributed by atoms with van der Waals surface area (Å²) in [5, 5.41) is 4.35. The fourth-order valence-electron chi connectivity index (χ4n) is 3.48. The van der Waals surface area contributed by atoms with Crippen molar-refractivity contribution in [1.82, 2.24) is 0 Å². The summed E-state index contributed by atoms with van der Waals surface area (Å²) in [6.45, 7) is 1.64. The molecule has 0 saturated heterocycles. The number of benzene rings is 4. The Balaban J connectivity index is 1.95. The van der Waals surface area contributed by atoms with Crippen LogP contribution in [0.15, 0.2) is 84.9 Å². The Morgan fingerprint density at radius 1 is 0.741 bits per heavy atom. The van der Waals surface area contributed by atoms with Crippen molar-refractivity contribution in [3.05, 3.63) is 96.1 Å². The first-order valence-corrected chi connectivity index (χ1v) is 9.06.